The van der Waals surface area contributed by atoms with Crippen LogP contribution in [0.2, 0.25) is 5.02 Å². The molecule has 138 valence electrons. The van der Waals surface area contributed by atoms with Gasteiger partial charge in [-0.2, -0.15) is 0 Å². The first-order chi connectivity index (χ1) is 13.0. The second kappa shape index (κ2) is 8.64. The van der Waals surface area contributed by atoms with Crippen LogP contribution >= 0.6 is 11.6 Å². The maximum atomic E-state index is 13.6. The summed E-state index contributed by atoms with van der Waals surface area (Å²) in [4.78, 5) is 23.9. The molecule has 0 fully saturated rings. The van der Waals surface area contributed by atoms with Crippen LogP contribution in [0.4, 0.5) is 4.39 Å². The number of para-hydroxylation sites is 1. The van der Waals surface area contributed by atoms with Gasteiger partial charge in [-0.1, -0.05) is 54.1 Å². The maximum absolute atomic E-state index is 13.6. The van der Waals surface area contributed by atoms with E-state index in [0.717, 1.165) is 16.8 Å². The van der Waals surface area contributed by atoms with Crippen molar-refractivity contribution in [2.45, 2.75) is 19.3 Å². The number of hydrogen-bond donors (Lipinski definition) is 0. The van der Waals surface area contributed by atoms with Gasteiger partial charge in [-0.3, -0.25) is 9.59 Å². The minimum atomic E-state index is -0.716. The van der Waals surface area contributed by atoms with Crippen molar-refractivity contribution in [2.75, 3.05) is 0 Å². The number of hydrogen-bond acceptors (Lipinski definition) is 4. The molecule has 0 heterocycles. The van der Waals surface area contributed by atoms with E-state index in [4.69, 9.17) is 21.1 Å². The summed E-state index contributed by atoms with van der Waals surface area (Å²) in [7, 11) is 0. The van der Waals surface area contributed by atoms with Crippen LogP contribution in [0.25, 0.3) is 10.8 Å². The highest BCUT2D eigenvalue weighted by atomic mass is 35.5. The first-order valence-corrected chi connectivity index (χ1v) is 8.75. The normalized spacial score (nSPS) is 10.6. The molecule has 0 aliphatic rings. The number of benzene rings is 3. The number of carbonyl (C=O) groups is 2. The SMILES string of the molecule is O=C(CCCC(=O)Oc1cccc2ccccc12)Oc1c(F)cccc1Cl. The summed E-state index contributed by atoms with van der Waals surface area (Å²) >= 11 is 5.80. The van der Waals surface area contributed by atoms with Gasteiger partial charge in [0.2, 0.25) is 0 Å². The van der Waals surface area contributed by atoms with E-state index in [0.29, 0.717) is 5.75 Å². The molecule has 0 unspecified atom stereocenters. The van der Waals surface area contributed by atoms with Crippen LogP contribution in [0, 0.1) is 5.82 Å². The molecule has 3 aromatic carbocycles. The second-order valence-electron chi connectivity index (χ2n) is 5.83. The molecule has 0 saturated heterocycles. The summed E-state index contributed by atoms with van der Waals surface area (Å²) in [5, 5.41) is 1.81. The van der Waals surface area contributed by atoms with Crippen LogP contribution in [0.15, 0.2) is 60.7 Å². The first-order valence-electron chi connectivity index (χ1n) is 8.38. The smallest absolute Gasteiger partial charge is 0.311 e. The molecule has 0 aliphatic heterocycles. The Hall–Kier alpha value is -2.92. The van der Waals surface area contributed by atoms with Crippen molar-refractivity contribution in [3.8, 4) is 11.5 Å². The lowest BCUT2D eigenvalue weighted by atomic mass is 10.1. The molecule has 0 N–H and O–H groups in total. The van der Waals surface area contributed by atoms with Gasteiger partial charge in [0.1, 0.15) is 5.75 Å². The Morgan fingerprint density at radius 1 is 0.852 bits per heavy atom. The predicted octanol–water partition coefficient (Wildman–Crippen LogP) is 5.31. The Morgan fingerprint density at radius 2 is 1.52 bits per heavy atom. The molecule has 0 atom stereocenters. The topological polar surface area (TPSA) is 52.6 Å². The third kappa shape index (κ3) is 4.83. The van der Waals surface area contributed by atoms with E-state index in [1.165, 1.54) is 12.1 Å². The van der Waals surface area contributed by atoms with Crippen molar-refractivity contribution in [1.82, 2.24) is 0 Å². The highest BCUT2D eigenvalue weighted by Crippen LogP contribution is 2.28. The monoisotopic (exact) mass is 386 g/mol. The van der Waals surface area contributed by atoms with Crippen molar-refractivity contribution < 1.29 is 23.5 Å². The number of ether oxygens (including phenoxy) is 2. The van der Waals surface area contributed by atoms with Crippen molar-refractivity contribution in [1.29, 1.82) is 0 Å². The third-order valence-electron chi connectivity index (χ3n) is 3.87. The lowest BCUT2D eigenvalue weighted by molar-refractivity contribution is -0.136. The number of fused-ring (bicyclic) bond motifs is 1. The lowest BCUT2D eigenvalue weighted by Gasteiger charge is -2.08. The van der Waals surface area contributed by atoms with Gasteiger partial charge in [-0.25, -0.2) is 4.39 Å². The van der Waals surface area contributed by atoms with Crippen LogP contribution in [-0.2, 0) is 9.59 Å². The molecular formula is C21H16ClFO4. The zero-order valence-electron chi connectivity index (χ0n) is 14.3. The molecule has 0 saturated carbocycles. The van der Waals surface area contributed by atoms with Crippen LogP contribution in [0.1, 0.15) is 19.3 Å². The largest absolute Gasteiger partial charge is 0.426 e. The van der Waals surface area contributed by atoms with E-state index in [2.05, 4.69) is 0 Å². The van der Waals surface area contributed by atoms with Crippen LogP contribution in [0.5, 0.6) is 11.5 Å². The van der Waals surface area contributed by atoms with E-state index in [9.17, 15) is 14.0 Å². The number of halogens is 2. The van der Waals surface area contributed by atoms with Crippen molar-refractivity contribution in [3.05, 3.63) is 71.5 Å². The molecule has 0 bridgehead atoms. The van der Waals surface area contributed by atoms with Gasteiger partial charge in [0.25, 0.3) is 0 Å². The average molecular weight is 387 g/mol. The lowest BCUT2D eigenvalue weighted by Crippen LogP contribution is -2.12. The Balaban J connectivity index is 1.51. The summed E-state index contributed by atoms with van der Waals surface area (Å²) in [6.45, 7) is 0. The predicted molar refractivity (Wildman–Crippen MR) is 100 cm³/mol. The molecule has 0 radical (unpaired) electrons. The Labute approximate surface area is 160 Å². The molecule has 27 heavy (non-hydrogen) atoms. The maximum Gasteiger partial charge on any atom is 0.311 e. The Kier molecular flexibility index (Phi) is 6.04. The molecule has 0 aromatic heterocycles. The molecule has 6 heteroatoms. The van der Waals surface area contributed by atoms with Gasteiger partial charge in [0, 0.05) is 18.2 Å². The quantitative estimate of drug-likeness (QED) is 0.425. The van der Waals surface area contributed by atoms with E-state index in [1.54, 1.807) is 12.1 Å². The van der Waals surface area contributed by atoms with Gasteiger partial charge in [0.15, 0.2) is 11.6 Å². The third-order valence-corrected chi connectivity index (χ3v) is 4.17. The molecule has 4 nitrogen and oxygen atoms in total. The van der Waals surface area contributed by atoms with Gasteiger partial charge >= 0.3 is 11.9 Å². The molecule has 0 amide bonds. The highest BCUT2D eigenvalue weighted by molar-refractivity contribution is 6.32. The van der Waals surface area contributed by atoms with Crippen molar-refractivity contribution >= 4 is 34.3 Å². The molecular weight excluding hydrogens is 371 g/mol. The molecule has 0 spiro atoms. The van der Waals surface area contributed by atoms with E-state index in [1.807, 2.05) is 30.3 Å². The fraction of sp³-hybridized carbons (Fsp3) is 0.143. The fourth-order valence-corrected chi connectivity index (χ4v) is 2.78. The van der Waals surface area contributed by atoms with E-state index < -0.39 is 17.8 Å². The minimum Gasteiger partial charge on any atom is -0.426 e. The first kappa shape index (κ1) is 18.9. The van der Waals surface area contributed by atoms with Crippen LogP contribution in [0.3, 0.4) is 0 Å². The van der Waals surface area contributed by atoms with Gasteiger partial charge in [0.05, 0.1) is 5.02 Å². The molecule has 3 aromatic rings. The van der Waals surface area contributed by atoms with E-state index >= 15 is 0 Å². The van der Waals surface area contributed by atoms with Crippen LogP contribution in [-0.4, -0.2) is 11.9 Å². The van der Waals surface area contributed by atoms with Crippen molar-refractivity contribution in [2.24, 2.45) is 0 Å². The molecule has 3 rings (SSSR count). The molecule has 0 aliphatic carbocycles. The number of carbonyl (C=O) groups excluding carboxylic acids is 2. The van der Waals surface area contributed by atoms with E-state index in [-0.39, 0.29) is 30.0 Å². The number of esters is 2. The highest BCUT2D eigenvalue weighted by Gasteiger charge is 2.14. The Bertz CT molecular complexity index is 961. The van der Waals surface area contributed by atoms with Gasteiger partial charge < -0.3 is 9.47 Å². The summed E-state index contributed by atoms with van der Waals surface area (Å²) in [6, 6.07) is 17.0. The summed E-state index contributed by atoms with van der Waals surface area (Å²) in [6.07, 6.45) is 0.188. The Morgan fingerprint density at radius 3 is 2.30 bits per heavy atom. The average Bonchev–Trinajstić information content (AvgIpc) is 2.65. The second-order valence-corrected chi connectivity index (χ2v) is 6.24. The number of rotatable bonds is 6. The van der Waals surface area contributed by atoms with Crippen molar-refractivity contribution in [3.63, 3.8) is 0 Å². The zero-order valence-corrected chi connectivity index (χ0v) is 15.0. The summed E-state index contributed by atoms with van der Waals surface area (Å²) in [5.41, 5.74) is 0. The fourth-order valence-electron chi connectivity index (χ4n) is 2.58. The van der Waals surface area contributed by atoms with Gasteiger partial charge in [-0.05, 0) is 30.0 Å². The minimum absolute atomic E-state index is 0.0127. The summed E-state index contributed by atoms with van der Waals surface area (Å²) < 4.78 is 23.9. The zero-order chi connectivity index (χ0) is 19.2. The van der Waals surface area contributed by atoms with Crippen LogP contribution < -0.4 is 9.47 Å². The standard InChI is InChI=1S/C21H16ClFO4/c22-16-9-4-10-17(23)21(16)27-20(25)13-5-12-19(24)26-18-11-3-7-14-6-1-2-8-15(14)18/h1-4,6-11H,5,12-13H2. The summed E-state index contributed by atoms with van der Waals surface area (Å²) in [5.74, 6) is -1.67. The van der Waals surface area contributed by atoms with Gasteiger partial charge in [-0.15, -0.1) is 0 Å².